The number of hydrogen-bond donors (Lipinski definition) is 0. The first-order valence-electron chi connectivity index (χ1n) is 29.0. The molecule has 0 aromatic heterocycles. The van der Waals surface area contributed by atoms with Gasteiger partial charge in [0, 0.05) is 19.3 Å². The summed E-state index contributed by atoms with van der Waals surface area (Å²) >= 11 is 0. The van der Waals surface area contributed by atoms with Gasteiger partial charge in [-0.3, -0.25) is 14.4 Å². The maximum absolute atomic E-state index is 12.8. The molecule has 0 spiro atoms. The number of carbonyl (C=O) groups is 3. The van der Waals surface area contributed by atoms with Crippen LogP contribution in [-0.2, 0) is 28.6 Å². The van der Waals surface area contributed by atoms with Gasteiger partial charge in [0.15, 0.2) is 6.10 Å². The van der Waals surface area contributed by atoms with Gasteiger partial charge in [-0.05, 0) is 77.0 Å². The van der Waals surface area contributed by atoms with Gasteiger partial charge in [0.05, 0.1) is 0 Å². The fourth-order valence-electron chi connectivity index (χ4n) is 8.47. The van der Waals surface area contributed by atoms with Crippen molar-refractivity contribution in [2.24, 2.45) is 0 Å². The topological polar surface area (TPSA) is 78.9 Å². The van der Waals surface area contributed by atoms with Gasteiger partial charge < -0.3 is 14.2 Å². The zero-order valence-corrected chi connectivity index (χ0v) is 44.2. The lowest BCUT2D eigenvalue weighted by atomic mass is 10.0. The fraction of sp³-hybridized carbons (Fsp3) is 0.850. The molecule has 0 amide bonds. The van der Waals surface area contributed by atoms with E-state index in [2.05, 4.69) is 57.2 Å². The van der Waals surface area contributed by atoms with Crippen LogP contribution in [0.3, 0.4) is 0 Å². The second kappa shape index (κ2) is 55.2. The Morgan fingerprint density at radius 1 is 0.303 bits per heavy atom. The molecule has 386 valence electrons. The van der Waals surface area contributed by atoms with Gasteiger partial charge in [-0.2, -0.15) is 0 Å². The first-order valence-corrected chi connectivity index (χ1v) is 29.0. The Bertz CT molecular complexity index is 1110. The Labute approximate surface area is 410 Å². The number of allylic oxidation sites excluding steroid dienone is 6. The molecule has 0 aromatic rings. The molecule has 0 heterocycles. The minimum absolute atomic E-state index is 0.0734. The van der Waals surface area contributed by atoms with E-state index >= 15 is 0 Å². The first-order chi connectivity index (χ1) is 32.5. The average Bonchev–Trinajstić information content (AvgIpc) is 3.31. The predicted molar refractivity (Wildman–Crippen MR) is 284 cm³/mol. The highest BCUT2D eigenvalue weighted by Gasteiger charge is 2.19. The number of unbranched alkanes of at least 4 members (excludes halogenated alkanes) is 36. The van der Waals surface area contributed by atoms with Crippen LogP contribution in [-0.4, -0.2) is 37.2 Å². The predicted octanol–water partition coefficient (Wildman–Crippen LogP) is 19.3. The summed E-state index contributed by atoms with van der Waals surface area (Å²) in [6.07, 6.45) is 65.6. The van der Waals surface area contributed by atoms with Gasteiger partial charge in [0.1, 0.15) is 13.2 Å². The zero-order valence-electron chi connectivity index (χ0n) is 44.2. The molecule has 0 N–H and O–H groups in total. The van der Waals surface area contributed by atoms with E-state index in [4.69, 9.17) is 14.2 Å². The third-order valence-corrected chi connectivity index (χ3v) is 12.9. The molecule has 6 heteroatoms. The fourth-order valence-corrected chi connectivity index (χ4v) is 8.47. The minimum Gasteiger partial charge on any atom is -0.462 e. The molecule has 0 aliphatic rings. The van der Waals surface area contributed by atoms with E-state index in [9.17, 15) is 14.4 Å². The SMILES string of the molecule is CCCCC/C=C\C/C=C\CCCCCCCCCCCC(=O)OCC(COC(=O)CCCCCCC/C=C\CCCCCC)OC(=O)CCCCCCCCCCCCCCCCCC. The zero-order chi connectivity index (χ0) is 47.9. The molecular formula is C60H110O6. The molecule has 0 radical (unpaired) electrons. The number of carbonyl (C=O) groups excluding carboxylic acids is 3. The molecule has 0 aromatic carbocycles. The third-order valence-electron chi connectivity index (χ3n) is 12.9. The molecular weight excluding hydrogens is 817 g/mol. The Hall–Kier alpha value is -2.37. The second-order valence-electron chi connectivity index (χ2n) is 19.6. The van der Waals surface area contributed by atoms with Crippen LogP contribution >= 0.6 is 0 Å². The van der Waals surface area contributed by atoms with Crippen molar-refractivity contribution in [3.63, 3.8) is 0 Å². The number of esters is 3. The number of ether oxygens (including phenoxy) is 3. The van der Waals surface area contributed by atoms with Crippen LogP contribution in [0.4, 0.5) is 0 Å². The number of hydrogen-bond acceptors (Lipinski definition) is 6. The molecule has 1 atom stereocenters. The molecule has 0 aliphatic heterocycles. The Morgan fingerprint density at radius 3 is 0.894 bits per heavy atom. The highest BCUT2D eigenvalue weighted by atomic mass is 16.6. The smallest absolute Gasteiger partial charge is 0.306 e. The van der Waals surface area contributed by atoms with Gasteiger partial charge in [-0.1, -0.05) is 250 Å². The van der Waals surface area contributed by atoms with E-state index in [1.54, 1.807) is 0 Å². The van der Waals surface area contributed by atoms with Crippen LogP contribution in [0.1, 0.15) is 310 Å². The standard InChI is InChI=1S/C60H110O6/c1-4-7-10-13-16-19-22-25-27-29-30-31-33-35-38-41-44-47-50-53-59(62)65-56-57(55-64-58(61)52-49-46-43-40-37-34-24-21-18-15-12-9-6-3)66-60(63)54-51-48-45-42-39-36-32-28-26-23-20-17-14-11-8-5-2/h16,19,21,24-25,27,57H,4-15,17-18,20,22-23,26,28-56H2,1-3H3/b19-16-,24-21-,27-25-. The Kier molecular flexibility index (Phi) is 53.2. The number of rotatable bonds is 53. The summed E-state index contributed by atoms with van der Waals surface area (Å²) in [5.74, 6) is -0.868. The van der Waals surface area contributed by atoms with Gasteiger partial charge in [-0.25, -0.2) is 0 Å². The van der Waals surface area contributed by atoms with E-state index in [1.807, 2.05) is 0 Å². The molecule has 0 rings (SSSR count). The quantitative estimate of drug-likeness (QED) is 0.0262. The molecule has 0 saturated heterocycles. The monoisotopic (exact) mass is 927 g/mol. The lowest BCUT2D eigenvalue weighted by Gasteiger charge is -2.18. The van der Waals surface area contributed by atoms with Crippen molar-refractivity contribution in [1.29, 1.82) is 0 Å². The maximum Gasteiger partial charge on any atom is 0.306 e. The summed E-state index contributed by atoms with van der Waals surface area (Å²) in [5, 5.41) is 0. The molecule has 66 heavy (non-hydrogen) atoms. The minimum atomic E-state index is -0.774. The molecule has 0 saturated carbocycles. The van der Waals surface area contributed by atoms with Gasteiger partial charge in [0.2, 0.25) is 0 Å². The van der Waals surface area contributed by atoms with Crippen LogP contribution in [0.5, 0.6) is 0 Å². The van der Waals surface area contributed by atoms with Crippen LogP contribution in [0.2, 0.25) is 0 Å². The van der Waals surface area contributed by atoms with Crippen LogP contribution in [0.25, 0.3) is 0 Å². The summed E-state index contributed by atoms with van der Waals surface area (Å²) in [6.45, 7) is 6.63. The second-order valence-corrected chi connectivity index (χ2v) is 19.6. The Balaban J connectivity index is 4.33. The van der Waals surface area contributed by atoms with E-state index < -0.39 is 6.10 Å². The van der Waals surface area contributed by atoms with Crippen LogP contribution in [0.15, 0.2) is 36.5 Å². The van der Waals surface area contributed by atoms with Crippen LogP contribution in [0, 0.1) is 0 Å². The first kappa shape index (κ1) is 63.6. The molecule has 1 unspecified atom stereocenters. The summed E-state index contributed by atoms with van der Waals surface area (Å²) in [6, 6.07) is 0. The highest BCUT2D eigenvalue weighted by Crippen LogP contribution is 2.16. The third kappa shape index (κ3) is 52.6. The lowest BCUT2D eigenvalue weighted by molar-refractivity contribution is -0.167. The van der Waals surface area contributed by atoms with Crippen LogP contribution < -0.4 is 0 Å². The van der Waals surface area contributed by atoms with Crippen molar-refractivity contribution in [3.8, 4) is 0 Å². The maximum atomic E-state index is 12.8. The summed E-state index contributed by atoms with van der Waals surface area (Å²) in [7, 11) is 0. The molecule has 6 nitrogen and oxygen atoms in total. The van der Waals surface area contributed by atoms with Crippen molar-refractivity contribution in [2.45, 2.75) is 316 Å². The lowest BCUT2D eigenvalue weighted by Crippen LogP contribution is -2.30. The molecule has 0 aliphatic carbocycles. The van der Waals surface area contributed by atoms with Gasteiger partial charge >= 0.3 is 17.9 Å². The molecule has 0 fully saturated rings. The largest absolute Gasteiger partial charge is 0.462 e. The van der Waals surface area contributed by atoms with Crippen molar-refractivity contribution in [2.75, 3.05) is 13.2 Å². The summed E-state index contributed by atoms with van der Waals surface area (Å²) < 4.78 is 16.9. The highest BCUT2D eigenvalue weighted by molar-refractivity contribution is 5.71. The van der Waals surface area contributed by atoms with Crippen molar-refractivity contribution < 1.29 is 28.6 Å². The van der Waals surface area contributed by atoms with Crippen molar-refractivity contribution in [1.82, 2.24) is 0 Å². The Morgan fingerprint density at radius 2 is 0.545 bits per heavy atom. The summed E-state index contributed by atoms with van der Waals surface area (Å²) in [5.41, 5.74) is 0. The average molecular weight is 928 g/mol. The van der Waals surface area contributed by atoms with E-state index in [-0.39, 0.29) is 31.1 Å². The molecule has 0 bridgehead atoms. The van der Waals surface area contributed by atoms with E-state index in [0.29, 0.717) is 19.3 Å². The normalized spacial score (nSPS) is 12.2. The van der Waals surface area contributed by atoms with Crippen molar-refractivity contribution >= 4 is 17.9 Å². The van der Waals surface area contributed by atoms with Crippen molar-refractivity contribution in [3.05, 3.63) is 36.5 Å². The van der Waals surface area contributed by atoms with Gasteiger partial charge in [0.25, 0.3) is 0 Å². The summed E-state index contributed by atoms with van der Waals surface area (Å²) in [4.78, 5) is 38.1. The van der Waals surface area contributed by atoms with E-state index in [0.717, 1.165) is 70.6 Å². The van der Waals surface area contributed by atoms with E-state index in [1.165, 1.54) is 199 Å². The van der Waals surface area contributed by atoms with Gasteiger partial charge in [-0.15, -0.1) is 0 Å².